The normalized spacial score (nSPS) is 15.2. The number of sulfonamides is 1. The standard InChI is InChI=1S/C7H10F4NO9S4/c1-22(14,15)5(23(2,16)17)25(20,21)7(10,11)6(8,9)4(13)12-24(3,18)19/h1-3H3,(H,12,13)/q-1. The van der Waals surface area contributed by atoms with Crippen molar-refractivity contribution >= 4 is 45.4 Å². The van der Waals surface area contributed by atoms with Crippen molar-refractivity contribution in [1.82, 2.24) is 4.72 Å². The van der Waals surface area contributed by atoms with Gasteiger partial charge >= 0.3 is 17.1 Å². The van der Waals surface area contributed by atoms with Crippen LogP contribution in [0, 0.1) is 3.91 Å². The van der Waals surface area contributed by atoms with Gasteiger partial charge in [0.1, 0.15) is 9.84 Å². The molecule has 0 unspecified atom stereocenters. The number of hydrogen-bond donors (Lipinski definition) is 1. The van der Waals surface area contributed by atoms with Gasteiger partial charge in [-0.05, 0) is 0 Å². The number of nitrogens with one attached hydrogen (secondary N) is 1. The topological polar surface area (TPSA) is 166 Å². The Hall–Kier alpha value is -1.01. The van der Waals surface area contributed by atoms with Crippen LogP contribution in [0.25, 0.3) is 0 Å². The summed E-state index contributed by atoms with van der Waals surface area (Å²) in [6.45, 7) is 0. The van der Waals surface area contributed by atoms with Crippen molar-refractivity contribution in [3.8, 4) is 0 Å². The van der Waals surface area contributed by atoms with Gasteiger partial charge in [-0.25, -0.2) is 13.1 Å². The van der Waals surface area contributed by atoms with E-state index in [1.807, 2.05) is 0 Å². The van der Waals surface area contributed by atoms with Crippen LogP contribution in [0.1, 0.15) is 0 Å². The minimum absolute atomic E-state index is 0.0954. The van der Waals surface area contributed by atoms with E-state index in [9.17, 15) is 56.0 Å². The third-order valence-corrected chi connectivity index (χ3v) is 10.2. The number of hydrogen-bond acceptors (Lipinski definition) is 9. The fourth-order valence-corrected chi connectivity index (χ4v) is 8.43. The quantitative estimate of drug-likeness (QED) is 0.345. The van der Waals surface area contributed by atoms with Crippen molar-refractivity contribution in [3.63, 3.8) is 0 Å². The number of sulfone groups is 3. The Labute approximate surface area is 140 Å². The number of carbonyl (C=O) groups is 1. The number of carbonyl (C=O) groups excluding carboxylic acids is 1. The predicted octanol–water partition coefficient (Wildman–Crippen LogP) is -1.76. The van der Waals surface area contributed by atoms with Gasteiger partial charge in [0.2, 0.25) is 10.0 Å². The molecule has 0 radical (unpaired) electrons. The molecule has 0 bridgehead atoms. The van der Waals surface area contributed by atoms with Gasteiger partial charge in [0, 0.05) is 16.4 Å². The van der Waals surface area contributed by atoms with Gasteiger partial charge < -0.3 is 0 Å². The molecule has 0 fully saturated rings. The number of amides is 1. The highest BCUT2D eigenvalue weighted by Crippen LogP contribution is 2.45. The fourth-order valence-electron chi connectivity index (χ4n) is 1.31. The zero-order valence-corrected chi connectivity index (χ0v) is 15.6. The van der Waals surface area contributed by atoms with E-state index in [4.69, 9.17) is 0 Å². The Morgan fingerprint density at radius 3 is 1.36 bits per heavy atom. The molecule has 0 aliphatic carbocycles. The lowest BCUT2D eigenvalue weighted by molar-refractivity contribution is -0.178. The minimum atomic E-state index is -7.17. The van der Waals surface area contributed by atoms with Crippen molar-refractivity contribution in [3.05, 3.63) is 3.91 Å². The summed E-state index contributed by atoms with van der Waals surface area (Å²) in [5.41, 5.74) is 0. The van der Waals surface area contributed by atoms with Crippen molar-refractivity contribution in [2.24, 2.45) is 0 Å². The lowest BCUT2D eigenvalue weighted by Gasteiger charge is -2.33. The summed E-state index contributed by atoms with van der Waals surface area (Å²) < 4.78 is 142. The van der Waals surface area contributed by atoms with E-state index < -0.39 is 60.5 Å². The van der Waals surface area contributed by atoms with Crippen LogP contribution in [-0.4, -0.2) is 69.5 Å². The molecule has 0 heterocycles. The zero-order chi connectivity index (χ0) is 20.9. The summed E-state index contributed by atoms with van der Waals surface area (Å²) in [4.78, 5) is 11.0. The second-order valence-electron chi connectivity index (χ2n) is 4.59. The minimum Gasteiger partial charge on any atom is -0.267 e. The molecular weight excluding hydrogens is 446 g/mol. The van der Waals surface area contributed by atoms with Gasteiger partial charge in [-0.3, -0.25) is 30.0 Å². The molecule has 18 heteroatoms. The first-order valence-electron chi connectivity index (χ1n) is 5.29. The SMILES string of the molecule is CS(=O)(=O)NC(=O)C(F)(F)C(F)(F)S(=O)(=O)[C-](S(C)(=O)=O)S(C)(=O)=O. The highest BCUT2D eigenvalue weighted by atomic mass is 32.3. The Kier molecular flexibility index (Phi) is 6.05. The molecule has 0 saturated carbocycles. The second kappa shape index (κ2) is 6.31. The third-order valence-electron chi connectivity index (χ3n) is 2.09. The van der Waals surface area contributed by atoms with Crippen LogP contribution in [0.3, 0.4) is 0 Å². The van der Waals surface area contributed by atoms with Crippen molar-refractivity contribution < 1.29 is 56.0 Å². The summed E-state index contributed by atoms with van der Waals surface area (Å²) in [6.07, 6.45) is -0.227. The molecule has 0 rings (SSSR count). The molecule has 0 aliphatic rings. The highest BCUT2D eigenvalue weighted by molar-refractivity contribution is 8.28. The molecular formula is C7H10F4NO9S4-. The van der Waals surface area contributed by atoms with E-state index >= 15 is 0 Å². The van der Waals surface area contributed by atoms with E-state index in [1.165, 1.54) is 0 Å². The Morgan fingerprint density at radius 1 is 0.800 bits per heavy atom. The van der Waals surface area contributed by atoms with Crippen LogP contribution < -0.4 is 4.72 Å². The molecule has 0 saturated heterocycles. The molecule has 1 amide bonds. The Morgan fingerprint density at radius 2 is 1.12 bits per heavy atom. The predicted molar refractivity (Wildman–Crippen MR) is 74.7 cm³/mol. The van der Waals surface area contributed by atoms with Crippen LogP contribution in [0.5, 0.6) is 0 Å². The Bertz CT molecular complexity index is 947. The van der Waals surface area contributed by atoms with Crippen LogP contribution in [0.2, 0.25) is 0 Å². The maximum absolute atomic E-state index is 13.8. The van der Waals surface area contributed by atoms with E-state index in [0.717, 1.165) is 0 Å². The largest absolute Gasteiger partial charge is 0.399 e. The van der Waals surface area contributed by atoms with E-state index in [-0.39, 0.29) is 18.8 Å². The molecule has 0 spiro atoms. The van der Waals surface area contributed by atoms with Crippen molar-refractivity contribution in [2.75, 3.05) is 18.8 Å². The first-order chi connectivity index (χ1) is 10.5. The van der Waals surface area contributed by atoms with Gasteiger partial charge in [0.05, 0.1) is 25.9 Å². The van der Waals surface area contributed by atoms with Gasteiger partial charge in [-0.2, -0.15) is 17.6 Å². The molecule has 25 heavy (non-hydrogen) atoms. The Balaban J connectivity index is 6.62. The molecule has 1 N–H and O–H groups in total. The lowest BCUT2D eigenvalue weighted by atomic mass is 10.3. The second-order valence-corrected chi connectivity index (χ2v) is 12.9. The molecule has 0 aliphatic heterocycles. The number of rotatable bonds is 7. The monoisotopic (exact) mass is 456 g/mol. The molecule has 0 aromatic rings. The summed E-state index contributed by atoms with van der Waals surface area (Å²) in [6, 6.07) is 0. The maximum Gasteiger partial charge on any atom is 0.399 e. The summed E-state index contributed by atoms with van der Waals surface area (Å²) in [5, 5.41) is -6.61. The molecule has 0 aromatic carbocycles. The van der Waals surface area contributed by atoms with Gasteiger partial charge in [0.15, 0.2) is 0 Å². The number of alkyl halides is 4. The van der Waals surface area contributed by atoms with Gasteiger partial charge in [-0.15, -0.1) is 0 Å². The first-order valence-corrected chi connectivity index (χ1v) is 12.4. The van der Waals surface area contributed by atoms with E-state index in [0.29, 0.717) is 4.72 Å². The summed E-state index contributed by atoms with van der Waals surface area (Å²) in [5.74, 6) is -9.65. The maximum atomic E-state index is 13.8. The fraction of sp³-hybridized carbons (Fsp3) is 0.714. The average molecular weight is 456 g/mol. The highest BCUT2D eigenvalue weighted by Gasteiger charge is 2.70. The van der Waals surface area contributed by atoms with Crippen LogP contribution in [0.15, 0.2) is 0 Å². The van der Waals surface area contributed by atoms with E-state index in [1.54, 1.807) is 0 Å². The number of halogens is 4. The molecule has 10 nitrogen and oxygen atoms in total. The van der Waals surface area contributed by atoms with Crippen molar-refractivity contribution in [2.45, 2.75) is 11.2 Å². The van der Waals surface area contributed by atoms with Crippen molar-refractivity contribution in [1.29, 1.82) is 0 Å². The summed E-state index contributed by atoms with van der Waals surface area (Å²) >= 11 is 0. The molecule has 0 aromatic heterocycles. The lowest BCUT2D eigenvalue weighted by Crippen LogP contribution is -2.58. The molecule has 0 atom stereocenters. The smallest absolute Gasteiger partial charge is 0.267 e. The van der Waals surface area contributed by atoms with Gasteiger partial charge in [-0.1, -0.05) is 0 Å². The first kappa shape index (κ1) is 24.0. The van der Waals surface area contributed by atoms with Crippen LogP contribution in [0.4, 0.5) is 17.6 Å². The van der Waals surface area contributed by atoms with Crippen LogP contribution in [-0.2, 0) is 44.3 Å². The average Bonchev–Trinajstić information content (AvgIpc) is 2.20. The molecule has 150 valence electrons. The summed E-state index contributed by atoms with van der Waals surface area (Å²) in [7, 11) is -23.0. The van der Waals surface area contributed by atoms with E-state index in [2.05, 4.69) is 0 Å². The van der Waals surface area contributed by atoms with Crippen LogP contribution >= 0.6 is 0 Å². The third kappa shape index (κ3) is 4.79. The zero-order valence-electron chi connectivity index (χ0n) is 12.3. The van der Waals surface area contributed by atoms with Gasteiger partial charge in [0.25, 0.3) is 0 Å².